The van der Waals surface area contributed by atoms with Crippen molar-refractivity contribution in [1.82, 2.24) is 0 Å². The molecule has 2 amide bonds. The van der Waals surface area contributed by atoms with Crippen LogP contribution in [-0.4, -0.2) is 17.4 Å². The molecule has 224 valence electrons. The molecule has 6 rings (SSSR count). The molecule has 2 bridgehead atoms. The predicted molar refractivity (Wildman–Crippen MR) is 154 cm³/mol. The second-order valence-electron chi connectivity index (χ2n) is 11.7. The fourth-order valence-corrected chi connectivity index (χ4v) is 6.55. The highest BCUT2D eigenvalue weighted by Gasteiger charge is 2.57. The molecule has 0 spiro atoms. The number of halogens is 4. The minimum Gasteiger partial charge on any atom is -0.464 e. The van der Waals surface area contributed by atoms with Crippen molar-refractivity contribution in [2.45, 2.75) is 50.2 Å². The molecule has 3 N–H and O–H groups in total. The number of alkyl halides is 3. The maximum Gasteiger partial charge on any atom is 0.419 e. The summed E-state index contributed by atoms with van der Waals surface area (Å²) in [6.07, 6.45) is 2.22. The third-order valence-electron chi connectivity index (χ3n) is 8.79. The molecule has 0 aromatic heterocycles. The van der Waals surface area contributed by atoms with Crippen molar-refractivity contribution in [3.8, 4) is 5.75 Å². The van der Waals surface area contributed by atoms with E-state index in [1.807, 2.05) is 36.4 Å². The number of nitrogens with two attached hydrogens (primary N) is 1. The number of primary amides is 1. The second-order valence-corrected chi connectivity index (χ2v) is 11.7. The summed E-state index contributed by atoms with van der Waals surface area (Å²) < 4.78 is 61.8. The molecule has 3 aliphatic carbocycles. The van der Waals surface area contributed by atoms with Crippen molar-refractivity contribution < 1.29 is 31.9 Å². The number of nitrogens with one attached hydrogen (secondary N) is 1. The smallest absolute Gasteiger partial charge is 0.419 e. The number of fused-ring (bicyclic) bond motifs is 2. The number of ether oxygens (including phenoxy) is 1. The van der Waals surface area contributed by atoms with Crippen LogP contribution in [0.3, 0.4) is 0 Å². The number of anilines is 3. The average molecular weight is 594 g/mol. The summed E-state index contributed by atoms with van der Waals surface area (Å²) in [4.78, 5) is 28.3. The van der Waals surface area contributed by atoms with Gasteiger partial charge in [0, 0.05) is 28.5 Å². The van der Waals surface area contributed by atoms with Crippen LogP contribution in [0, 0.1) is 23.6 Å². The van der Waals surface area contributed by atoms with Gasteiger partial charge in [0.15, 0.2) is 0 Å². The lowest BCUT2D eigenvalue weighted by Gasteiger charge is -2.41. The molecule has 3 atom stereocenters. The molecule has 6 nitrogen and oxygen atoms in total. The number of amides is 2. The van der Waals surface area contributed by atoms with Crippen molar-refractivity contribution in [3.05, 3.63) is 96.0 Å². The monoisotopic (exact) mass is 593 g/mol. The summed E-state index contributed by atoms with van der Waals surface area (Å²) in [7, 11) is 0. The van der Waals surface area contributed by atoms with Gasteiger partial charge in [0.05, 0.1) is 17.4 Å². The van der Waals surface area contributed by atoms with Crippen molar-refractivity contribution >= 4 is 28.9 Å². The Hall–Kier alpha value is -4.34. The third-order valence-corrected chi connectivity index (χ3v) is 8.79. The van der Waals surface area contributed by atoms with Crippen LogP contribution in [0.5, 0.6) is 5.75 Å². The first-order valence-corrected chi connectivity index (χ1v) is 14.3. The first-order valence-electron chi connectivity index (χ1n) is 14.3. The minimum absolute atomic E-state index is 0.0985. The van der Waals surface area contributed by atoms with Gasteiger partial charge in [-0.15, -0.1) is 0 Å². The van der Waals surface area contributed by atoms with Gasteiger partial charge in [-0.05, 0) is 105 Å². The number of hydrogen-bond donors (Lipinski definition) is 2. The minimum atomic E-state index is -4.97. The molecular weight excluding hydrogens is 562 g/mol. The quantitative estimate of drug-likeness (QED) is 0.198. The molecule has 3 fully saturated rings. The summed E-state index contributed by atoms with van der Waals surface area (Å²) in [5, 5.41) is 3.25. The number of hydrogen-bond acceptors (Lipinski definition) is 4. The number of carbonyl (C=O) groups is 2. The van der Waals surface area contributed by atoms with Crippen molar-refractivity contribution in [1.29, 1.82) is 0 Å². The topological polar surface area (TPSA) is 84.7 Å². The molecule has 3 saturated carbocycles. The predicted octanol–water partition coefficient (Wildman–Crippen LogP) is 7.58. The van der Waals surface area contributed by atoms with Crippen LogP contribution < -0.4 is 20.7 Å². The molecule has 0 heterocycles. The van der Waals surface area contributed by atoms with E-state index in [2.05, 4.69) is 5.32 Å². The zero-order valence-corrected chi connectivity index (χ0v) is 23.2. The van der Waals surface area contributed by atoms with E-state index in [0.29, 0.717) is 36.9 Å². The van der Waals surface area contributed by atoms with Crippen LogP contribution in [0.15, 0.2) is 79.1 Å². The normalized spacial score (nSPS) is 23.0. The van der Waals surface area contributed by atoms with Gasteiger partial charge in [-0.25, -0.2) is 4.39 Å². The van der Waals surface area contributed by atoms with E-state index in [-0.39, 0.29) is 29.3 Å². The Kier molecular flexibility index (Phi) is 7.40. The van der Waals surface area contributed by atoms with Gasteiger partial charge in [-0.3, -0.25) is 9.59 Å². The fraction of sp³-hybridized carbons (Fsp3) is 0.333. The van der Waals surface area contributed by atoms with Gasteiger partial charge in [0.25, 0.3) is 5.91 Å². The van der Waals surface area contributed by atoms with Crippen LogP contribution in [0.4, 0.5) is 34.6 Å². The first kappa shape index (κ1) is 28.8. The summed E-state index contributed by atoms with van der Waals surface area (Å²) in [5.74, 6) is -2.54. The Bertz CT molecular complexity index is 1570. The summed E-state index contributed by atoms with van der Waals surface area (Å²) in [6.45, 7) is 0. The number of carbonyl (C=O) groups excluding carboxylic acids is 2. The van der Waals surface area contributed by atoms with E-state index in [9.17, 15) is 27.2 Å². The maximum absolute atomic E-state index is 14.7. The lowest BCUT2D eigenvalue weighted by Crippen LogP contribution is -2.51. The lowest BCUT2D eigenvalue weighted by atomic mass is 9.83. The molecule has 3 unspecified atom stereocenters. The molecule has 10 heteroatoms. The SMILES string of the molecule is NC(=O)C1CC2(N(C(=O)c3cc(Nc4ccccc4)ccc3O/C=C\C3CC3)c3ccc(F)c(C(F)(F)F)c3)CCC1C2. The van der Waals surface area contributed by atoms with Crippen LogP contribution in [0.1, 0.15) is 54.4 Å². The van der Waals surface area contributed by atoms with Crippen molar-refractivity contribution in [2.24, 2.45) is 23.5 Å². The molecule has 0 saturated heterocycles. The molecule has 3 aliphatic rings. The summed E-state index contributed by atoms with van der Waals surface area (Å²) in [5.41, 5.74) is 4.58. The van der Waals surface area contributed by atoms with Gasteiger partial charge in [-0.1, -0.05) is 18.2 Å². The Balaban J connectivity index is 1.46. The zero-order valence-electron chi connectivity index (χ0n) is 23.2. The van der Waals surface area contributed by atoms with E-state index in [1.165, 1.54) is 17.2 Å². The van der Waals surface area contributed by atoms with E-state index in [0.717, 1.165) is 24.6 Å². The number of para-hydroxylation sites is 1. The summed E-state index contributed by atoms with van der Waals surface area (Å²) in [6, 6.07) is 16.9. The van der Waals surface area contributed by atoms with Crippen molar-refractivity contribution in [3.63, 3.8) is 0 Å². The summed E-state index contributed by atoms with van der Waals surface area (Å²) >= 11 is 0. The van der Waals surface area contributed by atoms with E-state index >= 15 is 0 Å². The second kappa shape index (κ2) is 11.1. The molecule has 3 aromatic rings. The van der Waals surface area contributed by atoms with Gasteiger partial charge in [0.2, 0.25) is 5.91 Å². The first-order chi connectivity index (χ1) is 20.5. The Morgan fingerprint density at radius 1 is 0.977 bits per heavy atom. The molecule has 0 aliphatic heterocycles. The standard InChI is InChI=1S/C33H31F4N3O3/c34-28-10-9-24(17-27(28)33(35,36)37)40(32-14-12-21(18-32)26(19-32)30(38)41)31(42)25-16-23(39-22-4-2-1-3-5-22)8-11-29(25)43-15-13-20-6-7-20/h1-5,8-11,13,15-17,20-21,26,39H,6-7,12,14,18-19H2,(H2,38,41)/b15-13-. The average Bonchev–Trinajstić information content (AvgIpc) is 3.60. The van der Waals surface area contributed by atoms with E-state index in [4.69, 9.17) is 10.5 Å². The number of benzene rings is 3. The van der Waals surface area contributed by atoms with Crippen LogP contribution in [-0.2, 0) is 11.0 Å². The van der Waals surface area contributed by atoms with Crippen molar-refractivity contribution in [2.75, 3.05) is 10.2 Å². The van der Waals surface area contributed by atoms with Crippen LogP contribution in [0.25, 0.3) is 0 Å². The molecule has 43 heavy (non-hydrogen) atoms. The van der Waals surface area contributed by atoms with E-state index in [1.54, 1.807) is 18.2 Å². The number of rotatable bonds is 9. The lowest BCUT2D eigenvalue weighted by molar-refractivity contribution is -0.140. The fourth-order valence-electron chi connectivity index (χ4n) is 6.55. The highest BCUT2D eigenvalue weighted by molar-refractivity contribution is 6.09. The Morgan fingerprint density at radius 2 is 1.74 bits per heavy atom. The van der Waals surface area contributed by atoms with Gasteiger partial charge in [0.1, 0.15) is 11.6 Å². The molecule has 3 aromatic carbocycles. The number of allylic oxidation sites excluding steroid dienone is 1. The zero-order chi connectivity index (χ0) is 30.4. The van der Waals surface area contributed by atoms with Crippen LogP contribution in [0.2, 0.25) is 0 Å². The van der Waals surface area contributed by atoms with Gasteiger partial charge < -0.3 is 20.7 Å². The highest BCUT2D eigenvalue weighted by Crippen LogP contribution is 2.56. The van der Waals surface area contributed by atoms with E-state index < -0.39 is 40.8 Å². The van der Waals surface area contributed by atoms with Gasteiger partial charge >= 0.3 is 6.18 Å². The maximum atomic E-state index is 14.7. The third kappa shape index (κ3) is 5.83. The Labute approximate surface area is 246 Å². The van der Waals surface area contributed by atoms with Gasteiger partial charge in [-0.2, -0.15) is 13.2 Å². The highest BCUT2D eigenvalue weighted by atomic mass is 19.4. The van der Waals surface area contributed by atoms with Crippen LogP contribution >= 0.6 is 0 Å². The largest absolute Gasteiger partial charge is 0.464 e. The molecular formula is C33H31F4N3O3. The number of nitrogens with zero attached hydrogens (tertiary/aromatic N) is 1. The molecule has 0 radical (unpaired) electrons. The Morgan fingerprint density at radius 3 is 2.42 bits per heavy atom.